The van der Waals surface area contributed by atoms with Gasteiger partial charge < -0.3 is 18.3 Å². The summed E-state index contributed by atoms with van der Waals surface area (Å²) in [5.74, 6) is -1.01. The van der Waals surface area contributed by atoms with E-state index in [1.807, 2.05) is 0 Å². The van der Waals surface area contributed by atoms with Gasteiger partial charge in [-0.05, 0) is 12.2 Å². The van der Waals surface area contributed by atoms with E-state index in [1.165, 1.54) is 0 Å². The number of ether oxygens (including phenoxy) is 2. The molecule has 0 aromatic rings. The van der Waals surface area contributed by atoms with Crippen LogP contribution in [0.1, 0.15) is 0 Å². The molecular formula is C13H20O6Si. The molecule has 0 saturated heterocycles. The van der Waals surface area contributed by atoms with Gasteiger partial charge in [0.05, 0.1) is 13.2 Å². The van der Waals surface area contributed by atoms with Gasteiger partial charge in [0.1, 0.15) is 13.2 Å². The van der Waals surface area contributed by atoms with Crippen LogP contribution in [0.4, 0.5) is 0 Å². The summed E-state index contributed by atoms with van der Waals surface area (Å²) in [6.45, 7) is 12.6. The SMILES string of the molecule is C=CC(=O)OCCO[Si](C)(C=C)OCCOC(=O)C=C. The molecule has 20 heavy (non-hydrogen) atoms. The van der Waals surface area contributed by atoms with Crippen LogP contribution in [0.5, 0.6) is 0 Å². The topological polar surface area (TPSA) is 71.1 Å². The molecule has 0 aromatic carbocycles. The van der Waals surface area contributed by atoms with E-state index in [4.69, 9.17) is 18.3 Å². The van der Waals surface area contributed by atoms with Crippen LogP contribution < -0.4 is 0 Å². The third-order valence-electron chi connectivity index (χ3n) is 2.14. The molecule has 0 rings (SSSR count). The maximum Gasteiger partial charge on any atom is 0.361 e. The quantitative estimate of drug-likeness (QED) is 0.248. The van der Waals surface area contributed by atoms with Gasteiger partial charge in [-0.15, -0.1) is 6.58 Å². The van der Waals surface area contributed by atoms with Crippen molar-refractivity contribution in [2.45, 2.75) is 6.55 Å². The van der Waals surface area contributed by atoms with E-state index in [1.54, 1.807) is 12.2 Å². The molecule has 0 amide bonds. The van der Waals surface area contributed by atoms with Crippen LogP contribution in [0.25, 0.3) is 0 Å². The molecule has 0 saturated carbocycles. The van der Waals surface area contributed by atoms with Crippen molar-refractivity contribution in [1.82, 2.24) is 0 Å². The molecule has 6 nitrogen and oxygen atoms in total. The van der Waals surface area contributed by atoms with E-state index < -0.39 is 20.5 Å². The van der Waals surface area contributed by atoms with Crippen LogP contribution in [0.2, 0.25) is 6.55 Å². The first-order valence-corrected chi connectivity index (χ1v) is 8.36. The van der Waals surface area contributed by atoms with E-state index in [0.717, 1.165) is 12.2 Å². The zero-order valence-corrected chi connectivity index (χ0v) is 12.6. The zero-order chi connectivity index (χ0) is 15.4. The lowest BCUT2D eigenvalue weighted by Gasteiger charge is -2.23. The fourth-order valence-electron chi connectivity index (χ4n) is 1.05. The van der Waals surface area contributed by atoms with Crippen LogP contribution in [0, 0.1) is 0 Å². The van der Waals surface area contributed by atoms with Gasteiger partial charge in [-0.3, -0.25) is 0 Å². The van der Waals surface area contributed by atoms with E-state index in [2.05, 4.69) is 19.7 Å². The summed E-state index contributed by atoms with van der Waals surface area (Å²) in [5.41, 5.74) is 1.59. The Bertz CT molecular complexity index is 338. The molecule has 0 atom stereocenters. The largest absolute Gasteiger partial charge is 0.460 e. The molecule has 112 valence electrons. The van der Waals surface area contributed by atoms with E-state index >= 15 is 0 Å². The van der Waals surface area contributed by atoms with Gasteiger partial charge in [-0.25, -0.2) is 9.59 Å². The summed E-state index contributed by atoms with van der Waals surface area (Å²) in [4.78, 5) is 21.6. The fourth-order valence-corrected chi connectivity index (χ4v) is 2.35. The minimum atomic E-state index is -2.56. The molecule has 0 radical (unpaired) electrons. The molecular weight excluding hydrogens is 280 g/mol. The number of hydrogen-bond donors (Lipinski definition) is 0. The van der Waals surface area contributed by atoms with E-state index in [-0.39, 0.29) is 26.4 Å². The lowest BCUT2D eigenvalue weighted by Crippen LogP contribution is -2.39. The van der Waals surface area contributed by atoms with Crippen molar-refractivity contribution in [3.8, 4) is 0 Å². The molecule has 0 aromatic heterocycles. The standard InChI is InChI=1S/C13H20O6Si/c1-5-12(14)16-8-10-18-20(4,7-3)19-11-9-17-13(15)6-2/h5-7H,1-3,8-11H2,4H3. The summed E-state index contributed by atoms with van der Waals surface area (Å²) < 4.78 is 20.6. The van der Waals surface area contributed by atoms with Gasteiger partial charge in [0, 0.05) is 12.2 Å². The number of carbonyl (C=O) groups excluding carboxylic acids is 2. The second kappa shape index (κ2) is 10.1. The lowest BCUT2D eigenvalue weighted by atomic mass is 10.6. The fraction of sp³-hybridized carbons (Fsp3) is 0.385. The molecule has 0 bridgehead atoms. The van der Waals surface area contributed by atoms with Gasteiger partial charge in [0.25, 0.3) is 0 Å². The predicted octanol–water partition coefficient (Wildman–Crippen LogP) is 1.28. The summed E-state index contributed by atoms with van der Waals surface area (Å²) in [6, 6.07) is 0. The maximum absolute atomic E-state index is 10.8. The Morgan fingerprint density at radius 3 is 1.60 bits per heavy atom. The number of hydrogen-bond acceptors (Lipinski definition) is 6. The van der Waals surface area contributed by atoms with Crippen molar-refractivity contribution in [3.05, 3.63) is 37.6 Å². The Hall–Kier alpha value is -1.70. The molecule has 0 heterocycles. The minimum absolute atomic E-state index is 0.107. The van der Waals surface area contributed by atoms with Gasteiger partial charge >= 0.3 is 20.5 Å². The Labute approximate surface area is 119 Å². The molecule has 0 aliphatic heterocycles. The molecule has 0 N–H and O–H groups in total. The maximum atomic E-state index is 10.8. The normalized spacial score (nSPS) is 10.4. The minimum Gasteiger partial charge on any atom is -0.460 e. The zero-order valence-electron chi connectivity index (χ0n) is 11.6. The van der Waals surface area contributed by atoms with Crippen LogP contribution in [0.3, 0.4) is 0 Å². The van der Waals surface area contributed by atoms with Crippen molar-refractivity contribution in [3.63, 3.8) is 0 Å². The third-order valence-corrected chi connectivity index (χ3v) is 4.43. The Kier molecular flexibility index (Phi) is 9.27. The smallest absolute Gasteiger partial charge is 0.361 e. The van der Waals surface area contributed by atoms with Crippen molar-refractivity contribution in [2.24, 2.45) is 0 Å². The molecule has 0 spiro atoms. The van der Waals surface area contributed by atoms with Crippen LogP contribution in [-0.2, 0) is 27.9 Å². The number of esters is 2. The highest BCUT2D eigenvalue weighted by Crippen LogP contribution is 2.08. The van der Waals surface area contributed by atoms with Crippen molar-refractivity contribution in [2.75, 3.05) is 26.4 Å². The summed E-state index contributed by atoms with van der Waals surface area (Å²) in [5, 5.41) is 0. The highest BCUT2D eigenvalue weighted by molar-refractivity contribution is 6.71. The summed E-state index contributed by atoms with van der Waals surface area (Å²) in [6.07, 6.45) is 2.16. The van der Waals surface area contributed by atoms with E-state index in [9.17, 15) is 9.59 Å². The Balaban J connectivity index is 3.92. The van der Waals surface area contributed by atoms with Crippen molar-refractivity contribution >= 4 is 20.5 Å². The average molecular weight is 300 g/mol. The molecule has 0 fully saturated rings. The molecule has 7 heteroatoms. The summed E-state index contributed by atoms with van der Waals surface area (Å²) in [7, 11) is -2.56. The van der Waals surface area contributed by atoms with Crippen LogP contribution in [-0.4, -0.2) is 46.9 Å². The van der Waals surface area contributed by atoms with Gasteiger partial charge in [0.2, 0.25) is 0 Å². The molecule has 0 aliphatic carbocycles. The van der Waals surface area contributed by atoms with Crippen molar-refractivity contribution < 1.29 is 27.9 Å². The summed E-state index contributed by atoms with van der Waals surface area (Å²) >= 11 is 0. The van der Waals surface area contributed by atoms with Gasteiger partial charge in [-0.2, -0.15) is 0 Å². The second-order valence-electron chi connectivity index (χ2n) is 3.66. The number of carbonyl (C=O) groups is 2. The molecule has 0 unspecified atom stereocenters. The van der Waals surface area contributed by atoms with Crippen LogP contribution in [0.15, 0.2) is 37.6 Å². The van der Waals surface area contributed by atoms with Gasteiger partial charge in [-0.1, -0.05) is 13.2 Å². The number of rotatable bonds is 11. The predicted molar refractivity (Wildman–Crippen MR) is 76.0 cm³/mol. The first-order valence-electron chi connectivity index (χ1n) is 5.97. The Morgan fingerprint density at radius 2 is 1.30 bits per heavy atom. The lowest BCUT2D eigenvalue weighted by molar-refractivity contribution is -0.139. The molecule has 0 aliphatic rings. The van der Waals surface area contributed by atoms with Gasteiger partial charge in [0.15, 0.2) is 0 Å². The Morgan fingerprint density at radius 1 is 0.900 bits per heavy atom. The first kappa shape index (κ1) is 18.3. The first-order chi connectivity index (χ1) is 9.47. The van der Waals surface area contributed by atoms with Crippen LogP contribution >= 0.6 is 0 Å². The highest BCUT2D eigenvalue weighted by atomic mass is 28.4. The third kappa shape index (κ3) is 8.41. The second-order valence-corrected chi connectivity index (χ2v) is 6.68. The van der Waals surface area contributed by atoms with Crippen molar-refractivity contribution in [1.29, 1.82) is 0 Å². The monoisotopic (exact) mass is 300 g/mol. The average Bonchev–Trinajstić information content (AvgIpc) is 2.47. The highest BCUT2D eigenvalue weighted by Gasteiger charge is 2.27. The van der Waals surface area contributed by atoms with E-state index in [0.29, 0.717) is 0 Å².